The van der Waals surface area contributed by atoms with Gasteiger partial charge >= 0.3 is 0 Å². The number of amides is 1. The topological polar surface area (TPSA) is 70.1 Å². The first-order chi connectivity index (χ1) is 12.2. The van der Waals surface area contributed by atoms with Gasteiger partial charge in [-0.05, 0) is 24.6 Å². The third-order valence-corrected chi connectivity index (χ3v) is 3.54. The molecule has 1 amide bonds. The first kappa shape index (κ1) is 16.4. The highest BCUT2D eigenvalue weighted by Gasteiger charge is 2.10. The van der Waals surface area contributed by atoms with Crippen molar-refractivity contribution in [1.29, 1.82) is 0 Å². The lowest BCUT2D eigenvalue weighted by Crippen LogP contribution is -2.19. The van der Waals surface area contributed by atoms with Crippen molar-refractivity contribution in [3.8, 4) is 11.3 Å². The number of allylic oxidation sites excluding steroid dienone is 1. The minimum absolute atomic E-state index is 0.331. The Kier molecular flexibility index (Phi) is 5.16. The van der Waals surface area contributed by atoms with Crippen LogP contribution in [0.3, 0.4) is 0 Å². The summed E-state index contributed by atoms with van der Waals surface area (Å²) in [5, 5.41) is 11.0. The molecule has 0 atom stereocenters. The summed E-state index contributed by atoms with van der Waals surface area (Å²) in [4.78, 5) is 12.2. The van der Waals surface area contributed by atoms with E-state index in [0.717, 1.165) is 16.8 Å². The number of aromatic amines is 1. The molecule has 0 saturated carbocycles. The smallest absolute Gasteiger partial charge is 0.272 e. The van der Waals surface area contributed by atoms with E-state index in [-0.39, 0.29) is 5.91 Å². The van der Waals surface area contributed by atoms with Gasteiger partial charge in [0.2, 0.25) is 0 Å². The maximum absolute atomic E-state index is 12.2. The molecule has 5 nitrogen and oxygen atoms in total. The van der Waals surface area contributed by atoms with Crippen molar-refractivity contribution < 1.29 is 4.79 Å². The predicted octanol–water partition coefficient (Wildman–Crippen LogP) is 3.90. The SMILES string of the molecule is CC(/C=C/c1ccccc1)=N/NC(=O)c1cc(-c2ccccc2)n[nH]1. The molecule has 0 aliphatic carbocycles. The van der Waals surface area contributed by atoms with Crippen molar-refractivity contribution in [1.82, 2.24) is 15.6 Å². The van der Waals surface area contributed by atoms with Crippen molar-refractivity contribution in [3.63, 3.8) is 0 Å². The van der Waals surface area contributed by atoms with Gasteiger partial charge in [-0.3, -0.25) is 9.89 Å². The van der Waals surface area contributed by atoms with Gasteiger partial charge in [-0.15, -0.1) is 0 Å². The van der Waals surface area contributed by atoms with E-state index in [1.54, 1.807) is 6.07 Å². The molecule has 1 aromatic heterocycles. The zero-order valence-corrected chi connectivity index (χ0v) is 13.8. The average molecular weight is 330 g/mol. The number of rotatable bonds is 5. The maximum atomic E-state index is 12.2. The standard InChI is InChI=1S/C20H18N4O/c1-15(12-13-16-8-4-2-5-9-16)21-24-20(25)19-14-18(22-23-19)17-10-6-3-7-11-17/h2-14H,1H3,(H,22,23)(H,24,25)/b13-12+,21-15-. The molecule has 3 rings (SSSR count). The van der Waals surface area contributed by atoms with Crippen LogP contribution in [0.4, 0.5) is 0 Å². The van der Waals surface area contributed by atoms with Gasteiger partial charge in [0.05, 0.1) is 11.4 Å². The number of carbonyl (C=O) groups is 1. The molecule has 3 aromatic rings. The van der Waals surface area contributed by atoms with Crippen LogP contribution >= 0.6 is 0 Å². The number of H-pyrrole nitrogens is 1. The molecule has 2 N–H and O–H groups in total. The van der Waals surface area contributed by atoms with Crippen LogP contribution < -0.4 is 5.43 Å². The van der Waals surface area contributed by atoms with Gasteiger partial charge in [0, 0.05) is 5.56 Å². The van der Waals surface area contributed by atoms with Crippen molar-refractivity contribution in [2.45, 2.75) is 6.92 Å². The Labute approximate surface area is 146 Å². The summed E-state index contributed by atoms with van der Waals surface area (Å²) in [6, 6.07) is 21.3. The van der Waals surface area contributed by atoms with Crippen LogP contribution in [0.25, 0.3) is 17.3 Å². The summed E-state index contributed by atoms with van der Waals surface area (Å²) >= 11 is 0. The van der Waals surface area contributed by atoms with Gasteiger partial charge < -0.3 is 0 Å². The molecule has 124 valence electrons. The minimum atomic E-state index is -0.331. The van der Waals surface area contributed by atoms with Crippen LogP contribution in [0.15, 0.2) is 77.9 Å². The van der Waals surface area contributed by atoms with Gasteiger partial charge in [-0.25, -0.2) is 5.43 Å². The van der Waals surface area contributed by atoms with Crippen molar-refractivity contribution >= 4 is 17.7 Å². The van der Waals surface area contributed by atoms with E-state index < -0.39 is 0 Å². The number of hydrogen-bond donors (Lipinski definition) is 2. The van der Waals surface area contributed by atoms with Crippen molar-refractivity contribution in [2.24, 2.45) is 5.10 Å². The highest BCUT2D eigenvalue weighted by molar-refractivity contribution is 5.98. The van der Waals surface area contributed by atoms with E-state index in [2.05, 4.69) is 20.7 Å². The lowest BCUT2D eigenvalue weighted by atomic mass is 10.1. The minimum Gasteiger partial charge on any atom is -0.272 e. The Morgan fingerprint density at radius 2 is 1.76 bits per heavy atom. The number of carbonyl (C=O) groups excluding carboxylic acids is 1. The number of nitrogens with zero attached hydrogens (tertiary/aromatic N) is 2. The zero-order chi connectivity index (χ0) is 17.5. The fraction of sp³-hybridized carbons (Fsp3) is 0.0500. The predicted molar refractivity (Wildman–Crippen MR) is 100 cm³/mol. The van der Waals surface area contributed by atoms with E-state index in [9.17, 15) is 4.79 Å². The summed E-state index contributed by atoms with van der Waals surface area (Å²) in [5.74, 6) is -0.331. The third-order valence-electron chi connectivity index (χ3n) is 3.54. The molecule has 0 spiro atoms. The number of benzene rings is 2. The highest BCUT2D eigenvalue weighted by Crippen LogP contribution is 2.16. The molecule has 1 heterocycles. The Balaban J connectivity index is 1.62. The fourth-order valence-electron chi connectivity index (χ4n) is 2.21. The highest BCUT2D eigenvalue weighted by atomic mass is 16.2. The maximum Gasteiger partial charge on any atom is 0.289 e. The van der Waals surface area contributed by atoms with E-state index in [4.69, 9.17) is 0 Å². The lowest BCUT2D eigenvalue weighted by molar-refractivity contribution is 0.0950. The van der Waals surface area contributed by atoms with Gasteiger partial charge in [-0.2, -0.15) is 10.2 Å². The van der Waals surface area contributed by atoms with Crippen molar-refractivity contribution in [2.75, 3.05) is 0 Å². The molecular weight excluding hydrogens is 312 g/mol. The number of hydrazone groups is 1. The van der Waals surface area contributed by atoms with E-state index in [1.807, 2.05) is 79.7 Å². The first-order valence-corrected chi connectivity index (χ1v) is 7.91. The molecule has 0 radical (unpaired) electrons. The fourth-order valence-corrected chi connectivity index (χ4v) is 2.21. The second-order valence-corrected chi connectivity index (χ2v) is 5.47. The van der Waals surface area contributed by atoms with Crippen LogP contribution in [0.5, 0.6) is 0 Å². The molecule has 0 aliphatic heterocycles. The van der Waals surface area contributed by atoms with Crippen LogP contribution in [0.2, 0.25) is 0 Å². The zero-order valence-electron chi connectivity index (χ0n) is 13.8. The molecular formula is C20H18N4O. The van der Waals surface area contributed by atoms with E-state index in [1.165, 1.54) is 0 Å². The molecule has 2 aromatic carbocycles. The largest absolute Gasteiger partial charge is 0.289 e. The van der Waals surface area contributed by atoms with Gasteiger partial charge in [0.25, 0.3) is 5.91 Å². The number of nitrogens with one attached hydrogen (secondary N) is 2. The summed E-state index contributed by atoms with van der Waals surface area (Å²) in [7, 11) is 0. The average Bonchev–Trinajstić information content (AvgIpc) is 3.16. The molecule has 0 aliphatic rings. The van der Waals surface area contributed by atoms with Gasteiger partial charge in [-0.1, -0.05) is 66.7 Å². The second-order valence-electron chi connectivity index (χ2n) is 5.47. The van der Waals surface area contributed by atoms with Gasteiger partial charge in [0.15, 0.2) is 0 Å². The quantitative estimate of drug-likeness (QED) is 0.550. The lowest BCUT2D eigenvalue weighted by Gasteiger charge is -1.97. The summed E-state index contributed by atoms with van der Waals surface area (Å²) < 4.78 is 0. The number of aromatic nitrogens is 2. The Morgan fingerprint density at radius 3 is 2.48 bits per heavy atom. The van der Waals surface area contributed by atoms with Crippen LogP contribution in [-0.4, -0.2) is 21.8 Å². The first-order valence-electron chi connectivity index (χ1n) is 7.91. The van der Waals surface area contributed by atoms with Crippen LogP contribution in [0, 0.1) is 0 Å². The summed E-state index contributed by atoms with van der Waals surface area (Å²) in [6.45, 7) is 1.82. The Morgan fingerprint density at radius 1 is 1.08 bits per heavy atom. The molecule has 0 fully saturated rings. The Hall–Kier alpha value is -3.47. The second kappa shape index (κ2) is 7.88. The third kappa shape index (κ3) is 4.51. The van der Waals surface area contributed by atoms with Crippen LogP contribution in [0.1, 0.15) is 23.0 Å². The molecule has 25 heavy (non-hydrogen) atoms. The van der Waals surface area contributed by atoms with Crippen molar-refractivity contribution in [3.05, 3.63) is 84.1 Å². The monoisotopic (exact) mass is 330 g/mol. The molecule has 5 heteroatoms. The normalized spacial score (nSPS) is 11.6. The Bertz CT molecular complexity index is 896. The summed E-state index contributed by atoms with van der Waals surface area (Å²) in [6.07, 6.45) is 3.78. The molecule has 0 bridgehead atoms. The summed E-state index contributed by atoms with van der Waals surface area (Å²) in [5.41, 5.74) is 6.32. The van der Waals surface area contributed by atoms with Gasteiger partial charge in [0.1, 0.15) is 5.69 Å². The van der Waals surface area contributed by atoms with E-state index >= 15 is 0 Å². The molecule has 0 unspecified atom stereocenters. The van der Waals surface area contributed by atoms with E-state index in [0.29, 0.717) is 11.4 Å². The van der Waals surface area contributed by atoms with Crippen LogP contribution in [-0.2, 0) is 0 Å². The molecule has 0 saturated heterocycles. The number of hydrogen-bond acceptors (Lipinski definition) is 3.